The first-order valence-corrected chi connectivity index (χ1v) is 6.60. The predicted molar refractivity (Wildman–Crippen MR) is 69.1 cm³/mol. The minimum Gasteiger partial charge on any atom is -0.308 e. The van der Waals surface area contributed by atoms with Gasteiger partial charge in [0.15, 0.2) is 0 Å². The molecule has 1 N–H and O–H groups in total. The lowest BCUT2D eigenvalue weighted by atomic mass is 10.1. The normalized spacial score (nSPS) is 11.7. The van der Waals surface area contributed by atoms with E-state index in [9.17, 15) is 0 Å². The second kappa shape index (κ2) is 7.36. The van der Waals surface area contributed by atoms with E-state index in [1.54, 1.807) is 0 Å². The van der Waals surface area contributed by atoms with E-state index in [1.165, 1.54) is 24.2 Å². The van der Waals surface area contributed by atoms with Gasteiger partial charge < -0.3 is 5.32 Å². The molecule has 0 amide bonds. The summed E-state index contributed by atoms with van der Waals surface area (Å²) in [6.45, 7) is 13.8. The molecule has 2 heteroatoms. The van der Waals surface area contributed by atoms with E-state index in [0.717, 1.165) is 12.3 Å². The third-order valence-electron chi connectivity index (χ3n) is 1.82. The first-order chi connectivity index (χ1) is 6.45. The lowest BCUT2D eigenvalue weighted by Gasteiger charge is -2.21. The van der Waals surface area contributed by atoms with Crippen molar-refractivity contribution in [2.45, 2.75) is 46.1 Å². The molecule has 0 bridgehead atoms. The molecule has 0 saturated carbocycles. The van der Waals surface area contributed by atoms with Crippen LogP contribution in [0.25, 0.3) is 0 Å². The molecule has 0 aromatic rings. The zero-order valence-electron chi connectivity index (χ0n) is 10.2. The lowest BCUT2D eigenvalue weighted by molar-refractivity contribution is 0.445. The van der Waals surface area contributed by atoms with Crippen LogP contribution < -0.4 is 5.32 Å². The summed E-state index contributed by atoms with van der Waals surface area (Å²) in [4.78, 5) is 0. The Kier molecular flexibility index (Phi) is 7.38. The highest BCUT2D eigenvalue weighted by molar-refractivity contribution is 7.99. The van der Waals surface area contributed by atoms with E-state index >= 15 is 0 Å². The highest BCUT2D eigenvalue weighted by atomic mass is 32.2. The van der Waals surface area contributed by atoms with Crippen molar-refractivity contribution in [1.29, 1.82) is 0 Å². The van der Waals surface area contributed by atoms with Gasteiger partial charge in [-0.15, -0.1) is 0 Å². The summed E-state index contributed by atoms with van der Waals surface area (Å²) < 4.78 is 0. The van der Waals surface area contributed by atoms with Gasteiger partial charge in [0.1, 0.15) is 0 Å². The summed E-state index contributed by atoms with van der Waals surface area (Å²) in [5, 5.41) is 3.45. The second-order valence-electron chi connectivity index (χ2n) is 4.76. The van der Waals surface area contributed by atoms with E-state index < -0.39 is 0 Å². The van der Waals surface area contributed by atoms with Gasteiger partial charge in [-0.25, -0.2) is 0 Å². The zero-order chi connectivity index (χ0) is 11.0. The molecule has 0 aliphatic heterocycles. The van der Waals surface area contributed by atoms with Crippen LogP contribution in [0.5, 0.6) is 0 Å². The standard InChI is InChI=1S/C12H25NS/c1-6-7-8-14-10-11(2)9-13-12(3,4)5/h13H,2,6-10H2,1,3-5H3. The molecule has 0 aromatic carbocycles. The van der Waals surface area contributed by atoms with E-state index in [2.05, 4.69) is 39.6 Å². The van der Waals surface area contributed by atoms with Crippen LogP contribution in [0.15, 0.2) is 12.2 Å². The van der Waals surface area contributed by atoms with Crippen molar-refractivity contribution in [2.75, 3.05) is 18.1 Å². The fourth-order valence-electron chi connectivity index (χ4n) is 0.904. The molecule has 84 valence electrons. The van der Waals surface area contributed by atoms with Crippen molar-refractivity contribution in [3.05, 3.63) is 12.2 Å². The van der Waals surface area contributed by atoms with Gasteiger partial charge in [-0.3, -0.25) is 0 Å². The topological polar surface area (TPSA) is 12.0 Å². The van der Waals surface area contributed by atoms with Gasteiger partial charge in [0.25, 0.3) is 0 Å². The summed E-state index contributed by atoms with van der Waals surface area (Å²) in [6, 6.07) is 0. The van der Waals surface area contributed by atoms with E-state index in [1.807, 2.05) is 11.8 Å². The summed E-state index contributed by atoms with van der Waals surface area (Å²) >= 11 is 2.00. The fraction of sp³-hybridized carbons (Fsp3) is 0.833. The fourth-order valence-corrected chi connectivity index (χ4v) is 1.93. The molecular weight excluding hydrogens is 190 g/mol. The Hall–Kier alpha value is 0.0500. The third kappa shape index (κ3) is 10.1. The van der Waals surface area contributed by atoms with Gasteiger partial charge in [-0.05, 0) is 32.9 Å². The van der Waals surface area contributed by atoms with E-state index in [-0.39, 0.29) is 5.54 Å². The van der Waals surface area contributed by atoms with Crippen molar-refractivity contribution in [2.24, 2.45) is 0 Å². The molecule has 0 aliphatic carbocycles. The van der Waals surface area contributed by atoms with Crippen LogP contribution in [0.2, 0.25) is 0 Å². The zero-order valence-corrected chi connectivity index (χ0v) is 11.0. The predicted octanol–water partition coefficient (Wildman–Crippen LogP) is 3.46. The number of rotatable bonds is 7. The molecule has 0 fully saturated rings. The molecule has 0 aliphatic rings. The van der Waals surface area contributed by atoms with Gasteiger partial charge in [0.2, 0.25) is 0 Å². The number of thioether (sulfide) groups is 1. The molecular formula is C12H25NS. The maximum absolute atomic E-state index is 4.07. The van der Waals surface area contributed by atoms with Gasteiger partial charge >= 0.3 is 0 Å². The summed E-state index contributed by atoms with van der Waals surface area (Å²) in [7, 11) is 0. The lowest BCUT2D eigenvalue weighted by Crippen LogP contribution is -2.37. The van der Waals surface area contributed by atoms with Crippen molar-refractivity contribution >= 4 is 11.8 Å². The van der Waals surface area contributed by atoms with Crippen molar-refractivity contribution in [1.82, 2.24) is 5.32 Å². The van der Waals surface area contributed by atoms with Crippen molar-refractivity contribution < 1.29 is 0 Å². The van der Waals surface area contributed by atoms with Gasteiger partial charge in [-0.2, -0.15) is 11.8 Å². The van der Waals surface area contributed by atoms with Crippen LogP contribution in [-0.2, 0) is 0 Å². The number of hydrogen-bond donors (Lipinski definition) is 1. The van der Waals surface area contributed by atoms with Gasteiger partial charge in [0.05, 0.1) is 0 Å². The summed E-state index contributed by atoms with van der Waals surface area (Å²) in [6.07, 6.45) is 2.62. The number of unbranched alkanes of at least 4 members (excludes halogenated alkanes) is 1. The Morgan fingerprint density at radius 1 is 1.36 bits per heavy atom. The molecule has 0 rings (SSSR count). The molecule has 0 radical (unpaired) electrons. The molecule has 1 nitrogen and oxygen atoms in total. The first kappa shape index (κ1) is 14.1. The quantitative estimate of drug-likeness (QED) is 0.515. The van der Waals surface area contributed by atoms with Gasteiger partial charge in [-0.1, -0.05) is 25.5 Å². The SMILES string of the molecule is C=C(CNC(C)(C)C)CSCCCC. The monoisotopic (exact) mass is 215 g/mol. The number of nitrogens with one attached hydrogen (secondary N) is 1. The van der Waals surface area contributed by atoms with Crippen LogP contribution in [0.3, 0.4) is 0 Å². The Morgan fingerprint density at radius 3 is 2.50 bits per heavy atom. The van der Waals surface area contributed by atoms with Crippen LogP contribution in [0.4, 0.5) is 0 Å². The average Bonchev–Trinajstić information content (AvgIpc) is 2.08. The maximum Gasteiger partial charge on any atom is 0.0175 e. The molecule has 0 spiro atoms. The molecule has 0 saturated heterocycles. The summed E-state index contributed by atoms with van der Waals surface area (Å²) in [5.41, 5.74) is 1.51. The first-order valence-electron chi connectivity index (χ1n) is 5.45. The Labute approximate surface area is 93.7 Å². The molecule has 0 heterocycles. The molecule has 0 unspecified atom stereocenters. The van der Waals surface area contributed by atoms with Crippen LogP contribution in [0.1, 0.15) is 40.5 Å². The smallest absolute Gasteiger partial charge is 0.0175 e. The van der Waals surface area contributed by atoms with Crippen LogP contribution >= 0.6 is 11.8 Å². The van der Waals surface area contributed by atoms with Crippen molar-refractivity contribution in [3.63, 3.8) is 0 Å². The molecule has 14 heavy (non-hydrogen) atoms. The Bertz CT molecular complexity index is 158. The molecule has 0 aromatic heterocycles. The minimum atomic E-state index is 0.205. The number of hydrogen-bond acceptors (Lipinski definition) is 2. The highest BCUT2D eigenvalue weighted by Crippen LogP contribution is 2.09. The van der Waals surface area contributed by atoms with E-state index in [0.29, 0.717) is 0 Å². The highest BCUT2D eigenvalue weighted by Gasteiger charge is 2.08. The van der Waals surface area contributed by atoms with Crippen LogP contribution in [0, 0.1) is 0 Å². The van der Waals surface area contributed by atoms with Gasteiger partial charge in [0, 0.05) is 17.8 Å². The van der Waals surface area contributed by atoms with E-state index in [4.69, 9.17) is 0 Å². The third-order valence-corrected chi connectivity index (χ3v) is 3.01. The average molecular weight is 215 g/mol. The Morgan fingerprint density at radius 2 is 2.00 bits per heavy atom. The molecule has 0 atom stereocenters. The van der Waals surface area contributed by atoms with Crippen LogP contribution in [-0.4, -0.2) is 23.6 Å². The maximum atomic E-state index is 4.07. The van der Waals surface area contributed by atoms with Crippen molar-refractivity contribution in [3.8, 4) is 0 Å². The minimum absolute atomic E-state index is 0.205. The Balaban J connectivity index is 3.38. The second-order valence-corrected chi connectivity index (χ2v) is 5.86. The summed E-state index contributed by atoms with van der Waals surface area (Å²) in [5.74, 6) is 2.37. The largest absolute Gasteiger partial charge is 0.308 e.